The molecule has 4 heterocycles. The van der Waals surface area contributed by atoms with Gasteiger partial charge in [-0.1, -0.05) is 36.4 Å². The lowest BCUT2D eigenvalue weighted by Crippen LogP contribution is -2.32. The molecule has 0 saturated carbocycles. The highest BCUT2D eigenvalue weighted by atomic mass is 32.1. The smallest absolute Gasteiger partial charge is 0.223 e. The van der Waals surface area contributed by atoms with Gasteiger partial charge in [0.05, 0.1) is 35.9 Å². The van der Waals surface area contributed by atoms with E-state index >= 15 is 0 Å². The van der Waals surface area contributed by atoms with E-state index < -0.39 is 0 Å². The fraction of sp³-hybridized carbons (Fsp3) is 0.438. The molecule has 1 atom stereocenters. The van der Waals surface area contributed by atoms with Gasteiger partial charge in [0, 0.05) is 31.3 Å². The maximum atomic E-state index is 13.2. The Kier molecular flexibility index (Phi) is 8.43. The summed E-state index contributed by atoms with van der Waals surface area (Å²) in [6.07, 6.45) is 4.96. The van der Waals surface area contributed by atoms with Gasteiger partial charge in [-0.15, -0.1) is 11.3 Å². The predicted octanol–water partition coefficient (Wildman–Crippen LogP) is 5.21. The molecule has 0 spiro atoms. The van der Waals surface area contributed by atoms with Crippen LogP contribution in [0.4, 0.5) is 0 Å². The van der Waals surface area contributed by atoms with Gasteiger partial charge < -0.3 is 14.8 Å². The molecule has 41 heavy (non-hydrogen) atoms. The molecule has 214 valence electrons. The predicted molar refractivity (Wildman–Crippen MR) is 161 cm³/mol. The number of aromatic nitrogens is 3. The highest BCUT2D eigenvalue weighted by molar-refractivity contribution is 7.09. The van der Waals surface area contributed by atoms with Crippen LogP contribution in [0.2, 0.25) is 0 Å². The lowest BCUT2D eigenvalue weighted by atomic mass is 10.0. The summed E-state index contributed by atoms with van der Waals surface area (Å²) in [6.45, 7) is 7.11. The van der Waals surface area contributed by atoms with E-state index in [4.69, 9.17) is 4.98 Å². The van der Waals surface area contributed by atoms with Crippen LogP contribution in [-0.2, 0) is 29.2 Å². The first-order valence-corrected chi connectivity index (χ1v) is 15.6. The molecule has 6 rings (SSSR count). The molecule has 1 N–H and O–H groups in total. The minimum Gasteiger partial charge on any atom is -0.350 e. The first kappa shape index (κ1) is 27.6. The zero-order chi connectivity index (χ0) is 28.2. The molecule has 1 unspecified atom stereocenters. The van der Waals surface area contributed by atoms with Gasteiger partial charge in [0.25, 0.3) is 0 Å². The van der Waals surface area contributed by atoms with E-state index in [0.29, 0.717) is 13.1 Å². The molecule has 2 aromatic heterocycles. The first-order valence-electron chi connectivity index (χ1n) is 14.8. The highest BCUT2D eigenvalue weighted by Gasteiger charge is 2.30. The molecule has 2 amide bonds. The van der Waals surface area contributed by atoms with Crippen molar-refractivity contribution in [3.05, 3.63) is 81.6 Å². The van der Waals surface area contributed by atoms with Gasteiger partial charge in [0.15, 0.2) is 0 Å². The van der Waals surface area contributed by atoms with Gasteiger partial charge in [-0.25, -0.2) is 9.97 Å². The number of aryl methyl sites for hydroxylation is 1. The van der Waals surface area contributed by atoms with Gasteiger partial charge in [-0.05, 0) is 69.0 Å². The summed E-state index contributed by atoms with van der Waals surface area (Å²) in [4.78, 5) is 39.6. The Labute approximate surface area is 245 Å². The first-order chi connectivity index (χ1) is 20.0. The van der Waals surface area contributed by atoms with Crippen LogP contribution >= 0.6 is 11.3 Å². The van der Waals surface area contributed by atoms with Crippen molar-refractivity contribution < 1.29 is 9.59 Å². The van der Waals surface area contributed by atoms with Crippen molar-refractivity contribution in [2.45, 2.75) is 71.1 Å². The number of likely N-dealkylation sites (tertiary alicyclic amines) is 2. The maximum absolute atomic E-state index is 13.2. The third-order valence-corrected chi connectivity index (χ3v) is 9.18. The molecule has 2 aliphatic rings. The summed E-state index contributed by atoms with van der Waals surface area (Å²) in [6, 6.07) is 16.9. The Morgan fingerprint density at radius 3 is 2.71 bits per heavy atom. The average Bonchev–Trinajstić information content (AvgIpc) is 3.79. The minimum absolute atomic E-state index is 0.0621. The van der Waals surface area contributed by atoms with Crippen molar-refractivity contribution in [3.8, 4) is 0 Å². The highest BCUT2D eigenvalue weighted by Crippen LogP contribution is 2.33. The van der Waals surface area contributed by atoms with Gasteiger partial charge in [-0.2, -0.15) is 0 Å². The number of benzene rings is 2. The van der Waals surface area contributed by atoms with E-state index in [1.54, 1.807) is 11.3 Å². The number of nitrogens with zero attached hydrogens (tertiary/aromatic N) is 5. The molecule has 2 fully saturated rings. The second kappa shape index (κ2) is 12.5. The summed E-state index contributed by atoms with van der Waals surface area (Å²) in [5, 5.41) is 5.85. The van der Waals surface area contributed by atoms with Crippen LogP contribution in [0, 0.1) is 6.92 Å². The van der Waals surface area contributed by atoms with Crippen LogP contribution in [-0.4, -0.2) is 55.8 Å². The molecular weight excluding hydrogens is 532 g/mol. The van der Waals surface area contributed by atoms with Crippen LogP contribution in [0.25, 0.3) is 11.0 Å². The van der Waals surface area contributed by atoms with Crippen molar-refractivity contribution in [1.82, 2.24) is 29.7 Å². The molecular formula is C32H38N6O2S. The van der Waals surface area contributed by atoms with Crippen LogP contribution in [0.1, 0.15) is 72.2 Å². The van der Waals surface area contributed by atoms with Crippen molar-refractivity contribution in [2.24, 2.45) is 0 Å². The molecule has 0 aliphatic carbocycles. The van der Waals surface area contributed by atoms with E-state index in [1.807, 2.05) is 35.4 Å². The lowest BCUT2D eigenvalue weighted by Gasteiger charge is -2.26. The summed E-state index contributed by atoms with van der Waals surface area (Å²) in [7, 11) is 0. The fourth-order valence-electron chi connectivity index (χ4n) is 6.20. The standard InChI is InChI=1S/C32H38N6O2S/c1-23-34-27-10-2-3-11-29(27)38(23)21-26-22-41-31(35-26)19-33-30(39)13-14-32(40)37-17-7-12-28(37)25-9-6-8-24(18-25)20-36-15-4-5-16-36/h2-3,6,8-11,18,22,28H,4-5,7,12-17,19-21H2,1H3,(H,33,39). The number of imidazole rings is 1. The third kappa shape index (κ3) is 6.52. The van der Waals surface area contributed by atoms with Crippen molar-refractivity contribution >= 4 is 34.2 Å². The van der Waals surface area contributed by atoms with Crippen molar-refractivity contribution in [3.63, 3.8) is 0 Å². The zero-order valence-corrected chi connectivity index (χ0v) is 24.5. The van der Waals surface area contributed by atoms with Crippen LogP contribution in [0.15, 0.2) is 53.9 Å². The molecule has 9 heteroatoms. The minimum atomic E-state index is -0.116. The Morgan fingerprint density at radius 2 is 1.83 bits per heavy atom. The van der Waals surface area contributed by atoms with E-state index in [-0.39, 0.29) is 30.7 Å². The number of nitrogens with one attached hydrogen (secondary N) is 1. The van der Waals surface area contributed by atoms with Crippen LogP contribution < -0.4 is 5.32 Å². The summed E-state index contributed by atoms with van der Waals surface area (Å²) in [5.74, 6) is 0.899. The van der Waals surface area contributed by atoms with E-state index in [9.17, 15) is 9.59 Å². The lowest BCUT2D eigenvalue weighted by molar-refractivity contribution is -0.134. The Hall–Kier alpha value is -3.56. The summed E-state index contributed by atoms with van der Waals surface area (Å²) in [5.41, 5.74) is 5.56. The molecule has 2 saturated heterocycles. The monoisotopic (exact) mass is 570 g/mol. The molecule has 0 bridgehead atoms. The van der Waals surface area contributed by atoms with Crippen LogP contribution in [0.3, 0.4) is 0 Å². The number of para-hydroxylation sites is 2. The van der Waals surface area contributed by atoms with Gasteiger partial charge in [-0.3, -0.25) is 14.5 Å². The molecule has 4 aromatic rings. The molecule has 2 aliphatic heterocycles. The van der Waals surface area contributed by atoms with Gasteiger partial charge >= 0.3 is 0 Å². The quantitative estimate of drug-likeness (QED) is 0.283. The van der Waals surface area contributed by atoms with Crippen molar-refractivity contribution in [2.75, 3.05) is 19.6 Å². The summed E-state index contributed by atoms with van der Waals surface area (Å²) < 4.78 is 2.16. The maximum Gasteiger partial charge on any atom is 0.223 e. The third-order valence-electron chi connectivity index (χ3n) is 8.28. The number of carbonyl (C=O) groups excluding carboxylic acids is 2. The van der Waals surface area contributed by atoms with Crippen molar-refractivity contribution in [1.29, 1.82) is 0 Å². The SMILES string of the molecule is Cc1nc2ccccc2n1Cc1csc(CNC(=O)CCC(=O)N2CCCC2c2cccc(CN3CCCC3)c2)n1. The Bertz CT molecular complexity index is 1520. The number of fused-ring (bicyclic) bond motifs is 1. The van der Waals surface area contributed by atoms with Crippen LogP contribution in [0.5, 0.6) is 0 Å². The Balaban J connectivity index is 0.984. The largest absolute Gasteiger partial charge is 0.350 e. The fourth-order valence-corrected chi connectivity index (χ4v) is 6.92. The number of carbonyl (C=O) groups is 2. The number of hydrogen-bond acceptors (Lipinski definition) is 6. The normalized spacial score (nSPS) is 17.5. The second-order valence-corrected chi connectivity index (χ2v) is 12.2. The van der Waals surface area contributed by atoms with Gasteiger partial charge in [0.1, 0.15) is 10.8 Å². The van der Waals surface area contributed by atoms with E-state index in [0.717, 1.165) is 53.5 Å². The number of rotatable bonds is 10. The zero-order valence-electron chi connectivity index (χ0n) is 23.7. The van der Waals surface area contributed by atoms with Gasteiger partial charge in [0.2, 0.25) is 11.8 Å². The number of hydrogen-bond donors (Lipinski definition) is 1. The van der Waals surface area contributed by atoms with E-state index in [2.05, 4.69) is 50.1 Å². The van der Waals surface area contributed by atoms with E-state index in [1.165, 1.54) is 37.1 Å². The molecule has 2 aromatic carbocycles. The molecule has 8 nitrogen and oxygen atoms in total. The molecule has 0 radical (unpaired) electrons. The topological polar surface area (TPSA) is 83.4 Å². The Morgan fingerprint density at radius 1 is 0.976 bits per heavy atom. The second-order valence-electron chi connectivity index (χ2n) is 11.2. The average molecular weight is 571 g/mol. The number of thiazole rings is 1. The number of amides is 2. The summed E-state index contributed by atoms with van der Waals surface area (Å²) >= 11 is 1.54.